The molecule has 0 saturated carbocycles. The fraction of sp³-hybridized carbons (Fsp3) is 0.273. The highest BCUT2D eigenvalue weighted by Gasteiger charge is 2.44. The van der Waals surface area contributed by atoms with E-state index in [4.69, 9.17) is 23.2 Å². The van der Waals surface area contributed by atoms with Crippen LogP contribution in [0.15, 0.2) is 36.9 Å². The summed E-state index contributed by atoms with van der Waals surface area (Å²) in [6.45, 7) is 5.71. The van der Waals surface area contributed by atoms with E-state index in [0.717, 1.165) is 0 Å². The minimum absolute atomic E-state index is 0.0556. The predicted octanol–water partition coefficient (Wildman–Crippen LogP) is 5.19. The summed E-state index contributed by atoms with van der Waals surface area (Å²) < 4.78 is 31.5. The fourth-order valence-electron chi connectivity index (χ4n) is 4.34. The van der Waals surface area contributed by atoms with Crippen LogP contribution in [-0.2, 0) is 17.4 Å². The number of halogens is 4. The molecule has 1 fully saturated rings. The van der Waals surface area contributed by atoms with Gasteiger partial charge >= 0.3 is 0 Å². The number of carbonyl (C=O) groups excluding carboxylic acids is 1. The Hall–Kier alpha value is -2.64. The molecule has 0 bridgehead atoms. The van der Waals surface area contributed by atoms with E-state index in [2.05, 4.69) is 17.0 Å². The van der Waals surface area contributed by atoms with Crippen molar-refractivity contribution in [1.82, 2.24) is 14.7 Å². The van der Waals surface area contributed by atoms with E-state index in [1.165, 1.54) is 24.3 Å². The molecule has 4 rings (SSSR count). The van der Waals surface area contributed by atoms with Gasteiger partial charge in [0.25, 0.3) is 0 Å². The van der Waals surface area contributed by atoms with Crippen LogP contribution >= 0.6 is 23.2 Å². The smallest absolute Gasteiger partial charge is 0.246 e. The Labute approximate surface area is 188 Å². The van der Waals surface area contributed by atoms with E-state index in [1.54, 1.807) is 29.6 Å². The van der Waals surface area contributed by atoms with Crippen molar-refractivity contribution in [2.24, 2.45) is 7.05 Å². The number of fused-ring (bicyclic) bond motifs is 1. The summed E-state index contributed by atoms with van der Waals surface area (Å²) in [5.74, 6) is -1.30. The van der Waals surface area contributed by atoms with Crippen LogP contribution in [0.3, 0.4) is 0 Å². The average Bonchev–Trinajstić information content (AvgIpc) is 3.26. The Morgan fingerprint density at radius 1 is 1.29 bits per heavy atom. The van der Waals surface area contributed by atoms with Crippen molar-refractivity contribution in [2.75, 3.05) is 18.4 Å². The molecular weight excluding hydrogens is 445 g/mol. The average molecular weight is 465 g/mol. The van der Waals surface area contributed by atoms with E-state index >= 15 is 4.39 Å². The molecule has 3 aromatic rings. The van der Waals surface area contributed by atoms with E-state index in [0.29, 0.717) is 35.2 Å². The molecule has 5 nitrogen and oxygen atoms in total. The number of hydrogen-bond acceptors (Lipinski definition) is 3. The van der Waals surface area contributed by atoms with E-state index in [-0.39, 0.29) is 28.1 Å². The summed E-state index contributed by atoms with van der Waals surface area (Å²) in [5.41, 5.74) is 0.603. The summed E-state index contributed by atoms with van der Waals surface area (Å²) in [6.07, 6.45) is 1.55. The van der Waals surface area contributed by atoms with Crippen LogP contribution < -0.4 is 5.32 Å². The van der Waals surface area contributed by atoms with Crippen molar-refractivity contribution in [2.45, 2.75) is 18.9 Å². The molecule has 1 amide bonds. The number of amides is 1. The lowest BCUT2D eigenvalue weighted by Gasteiger charge is -2.33. The molecule has 1 saturated heterocycles. The van der Waals surface area contributed by atoms with Crippen molar-refractivity contribution in [3.05, 3.63) is 69.9 Å². The Morgan fingerprint density at radius 2 is 2.03 bits per heavy atom. The van der Waals surface area contributed by atoms with Crippen LogP contribution in [0.2, 0.25) is 10.0 Å². The third-order valence-electron chi connectivity index (χ3n) is 5.74. The van der Waals surface area contributed by atoms with Crippen LogP contribution in [0.1, 0.15) is 17.7 Å². The third-order valence-corrected chi connectivity index (χ3v) is 6.55. The molecule has 9 heteroatoms. The molecule has 0 spiro atoms. The number of aryl methyl sites for hydroxylation is 2. The van der Waals surface area contributed by atoms with Crippen molar-refractivity contribution < 1.29 is 13.6 Å². The monoisotopic (exact) mass is 464 g/mol. The van der Waals surface area contributed by atoms with Crippen molar-refractivity contribution in [3.63, 3.8) is 0 Å². The maximum absolute atomic E-state index is 15.0. The lowest BCUT2D eigenvalue weighted by molar-refractivity contribution is -0.125. The lowest BCUT2D eigenvalue weighted by atomic mass is 9.87. The van der Waals surface area contributed by atoms with Crippen molar-refractivity contribution in [1.29, 1.82) is 0 Å². The van der Waals surface area contributed by atoms with Gasteiger partial charge in [0.05, 0.1) is 32.2 Å². The molecule has 162 valence electrons. The predicted molar refractivity (Wildman–Crippen MR) is 119 cm³/mol. The first-order valence-electron chi connectivity index (χ1n) is 9.63. The topological polar surface area (TPSA) is 50.2 Å². The van der Waals surface area contributed by atoms with Crippen molar-refractivity contribution >= 4 is 45.7 Å². The summed E-state index contributed by atoms with van der Waals surface area (Å²) >= 11 is 12.6. The Morgan fingerprint density at radius 3 is 2.74 bits per heavy atom. The summed E-state index contributed by atoms with van der Waals surface area (Å²) in [6, 6.07) is 5.70. The first kappa shape index (κ1) is 21.6. The Balaban J connectivity index is 1.87. The highest BCUT2D eigenvalue weighted by atomic mass is 35.5. The highest BCUT2D eigenvalue weighted by Crippen LogP contribution is 2.43. The van der Waals surface area contributed by atoms with Crippen LogP contribution in [-0.4, -0.2) is 33.7 Å². The summed E-state index contributed by atoms with van der Waals surface area (Å²) in [5, 5.41) is 8.20. The Bertz CT molecular complexity index is 1230. The van der Waals surface area contributed by atoms with E-state index in [9.17, 15) is 9.18 Å². The van der Waals surface area contributed by atoms with Crippen LogP contribution in [0.4, 0.5) is 14.5 Å². The molecule has 1 aliphatic rings. The van der Waals surface area contributed by atoms with Crippen molar-refractivity contribution in [3.8, 4) is 0 Å². The van der Waals surface area contributed by atoms with Gasteiger partial charge in [-0.25, -0.2) is 8.78 Å². The summed E-state index contributed by atoms with van der Waals surface area (Å²) in [7, 11) is 1.72. The van der Waals surface area contributed by atoms with Gasteiger partial charge < -0.3 is 10.2 Å². The molecule has 1 N–H and O–H groups in total. The molecule has 0 radical (unpaired) electrons. The number of nitrogens with zero attached hydrogens (tertiary/aromatic N) is 3. The molecule has 31 heavy (non-hydrogen) atoms. The van der Waals surface area contributed by atoms with Crippen LogP contribution in [0, 0.1) is 18.6 Å². The van der Waals surface area contributed by atoms with E-state index in [1.807, 2.05) is 0 Å². The normalized spacial score (nSPS) is 18.6. The lowest BCUT2D eigenvalue weighted by Crippen LogP contribution is -2.41. The number of rotatable bonds is 4. The second kappa shape index (κ2) is 7.80. The maximum Gasteiger partial charge on any atom is 0.246 e. The molecular formula is C22H20Cl2F2N4O. The third kappa shape index (κ3) is 3.55. The molecule has 1 aromatic heterocycles. The van der Waals surface area contributed by atoms with Gasteiger partial charge in [-0.3, -0.25) is 9.48 Å². The zero-order valence-corrected chi connectivity index (χ0v) is 18.5. The molecule has 1 unspecified atom stereocenters. The molecule has 2 aromatic carbocycles. The Kier molecular flexibility index (Phi) is 5.43. The quantitative estimate of drug-likeness (QED) is 0.426. The number of hydrogen-bond donors (Lipinski definition) is 1. The maximum atomic E-state index is 15.0. The number of benzene rings is 2. The van der Waals surface area contributed by atoms with Gasteiger partial charge in [0.1, 0.15) is 11.6 Å². The number of aromatic nitrogens is 2. The highest BCUT2D eigenvalue weighted by molar-refractivity contribution is 6.42. The van der Waals surface area contributed by atoms with Gasteiger partial charge in [-0.2, -0.15) is 5.10 Å². The second-order valence-corrected chi connectivity index (χ2v) is 8.49. The van der Waals surface area contributed by atoms with Gasteiger partial charge in [0.2, 0.25) is 5.91 Å². The number of likely N-dealkylation sites (tertiary alicyclic amines) is 1. The number of anilines is 1. The summed E-state index contributed by atoms with van der Waals surface area (Å²) in [4.78, 5) is 13.8. The molecule has 2 heterocycles. The largest absolute Gasteiger partial charge is 0.373 e. The standard InChI is InChI=1S/C22H20Cl2F2N4O/c1-4-18(31)30-8-7-22(11-30,20-15(25)6-5-14(23)21(20)24)27-13-9-16(26)19-12(2)28-29(3)17(19)10-13/h4-6,9-10,27H,1,7-8,11H2,2-3H3. The van der Waals surface area contributed by atoms with Gasteiger partial charge in [-0.1, -0.05) is 29.8 Å². The molecule has 1 aliphatic heterocycles. The second-order valence-electron chi connectivity index (χ2n) is 7.70. The SMILES string of the molecule is C=CC(=O)N1CCC(Nc2cc(F)c3c(C)nn(C)c3c2)(c2c(F)ccc(Cl)c2Cl)C1. The van der Waals surface area contributed by atoms with Crippen LogP contribution in [0.25, 0.3) is 10.9 Å². The fourth-order valence-corrected chi connectivity index (χ4v) is 4.84. The number of nitrogens with one attached hydrogen (secondary N) is 1. The van der Waals surface area contributed by atoms with Crippen LogP contribution in [0.5, 0.6) is 0 Å². The first-order chi connectivity index (χ1) is 14.7. The minimum Gasteiger partial charge on any atom is -0.373 e. The van der Waals surface area contributed by atoms with E-state index < -0.39 is 17.2 Å². The zero-order valence-electron chi connectivity index (χ0n) is 17.0. The molecule has 1 atom stereocenters. The minimum atomic E-state index is -1.11. The van der Waals surface area contributed by atoms with Gasteiger partial charge in [0, 0.05) is 31.4 Å². The van der Waals surface area contributed by atoms with Gasteiger partial charge in [-0.15, -0.1) is 0 Å². The number of carbonyl (C=O) groups is 1. The molecule has 0 aliphatic carbocycles. The van der Waals surface area contributed by atoms with Gasteiger partial charge in [0.15, 0.2) is 0 Å². The van der Waals surface area contributed by atoms with Gasteiger partial charge in [-0.05, 0) is 43.7 Å². The first-order valence-corrected chi connectivity index (χ1v) is 10.4. The zero-order chi connectivity index (χ0) is 22.5.